The van der Waals surface area contributed by atoms with Gasteiger partial charge in [-0.3, -0.25) is 29.8 Å². The lowest BCUT2D eigenvalue weighted by atomic mass is 10.1. The van der Waals surface area contributed by atoms with Crippen LogP contribution in [0.4, 0.5) is 5.82 Å². The van der Waals surface area contributed by atoms with E-state index in [0.29, 0.717) is 25.2 Å². The predicted molar refractivity (Wildman–Crippen MR) is 132 cm³/mol. The Morgan fingerprint density at radius 1 is 1.24 bits per heavy atom. The van der Waals surface area contributed by atoms with E-state index >= 15 is 0 Å². The summed E-state index contributed by atoms with van der Waals surface area (Å²) in [6.45, 7) is 5.40. The van der Waals surface area contributed by atoms with Crippen molar-refractivity contribution in [1.82, 2.24) is 26.2 Å². The van der Waals surface area contributed by atoms with E-state index in [1.165, 1.54) is 5.01 Å². The second-order valence-electron chi connectivity index (χ2n) is 8.77. The van der Waals surface area contributed by atoms with Gasteiger partial charge in [-0.1, -0.05) is 35.8 Å². The van der Waals surface area contributed by atoms with Gasteiger partial charge in [-0.05, 0) is 49.9 Å². The first-order valence-corrected chi connectivity index (χ1v) is 12.0. The van der Waals surface area contributed by atoms with E-state index in [4.69, 9.17) is 0 Å². The van der Waals surface area contributed by atoms with E-state index in [1.807, 2.05) is 30.3 Å². The number of rotatable bonds is 7. The molecular weight excluding hydrogens is 504 g/mol. The number of benzene rings is 1. The highest BCUT2D eigenvalue weighted by molar-refractivity contribution is 9.10. The molecular formula is C23H31BrN6O4. The van der Waals surface area contributed by atoms with E-state index in [9.17, 15) is 19.5 Å². The third kappa shape index (κ3) is 6.22. The standard InChI is InChI=1S/C23H31BrN6O4/c1-13(2)20(31)22(33)25-14(3)23(34)30-11-5-6-17(27-30)21(32)28-29(4)19-10-8-15-7-9-16(24)12-18(15)26-19/h7-10,12-14,17,20,27,31H,5-6,11H2,1-4H3,(H,25,33)(H,28,32)/t14?,17-,20-/m0/s1. The average Bonchev–Trinajstić information content (AvgIpc) is 2.82. The number of aliphatic hydroxyl groups is 1. The molecule has 1 saturated heterocycles. The minimum atomic E-state index is -1.19. The van der Waals surface area contributed by atoms with Gasteiger partial charge in [0, 0.05) is 23.5 Å². The molecule has 2 aromatic rings. The Morgan fingerprint density at radius 3 is 2.65 bits per heavy atom. The number of carbonyl (C=O) groups is 3. The minimum absolute atomic E-state index is 0.265. The highest BCUT2D eigenvalue weighted by atomic mass is 79.9. The van der Waals surface area contributed by atoms with Crippen LogP contribution < -0.4 is 21.2 Å². The fraction of sp³-hybridized carbons (Fsp3) is 0.478. The molecule has 1 aromatic carbocycles. The maximum Gasteiger partial charge on any atom is 0.258 e. The number of nitrogens with one attached hydrogen (secondary N) is 3. The monoisotopic (exact) mass is 534 g/mol. The lowest BCUT2D eigenvalue weighted by molar-refractivity contribution is -0.144. The summed E-state index contributed by atoms with van der Waals surface area (Å²) in [5, 5.41) is 16.3. The Bertz CT molecular complexity index is 1060. The molecule has 1 fully saturated rings. The molecule has 2 heterocycles. The van der Waals surface area contributed by atoms with Crippen LogP contribution in [0.15, 0.2) is 34.8 Å². The topological polar surface area (TPSA) is 127 Å². The van der Waals surface area contributed by atoms with Crippen molar-refractivity contribution < 1.29 is 19.5 Å². The molecule has 3 atom stereocenters. The number of hydrogen-bond acceptors (Lipinski definition) is 7. The van der Waals surface area contributed by atoms with Gasteiger partial charge >= 0.3 is 0 Å². The quantitative estimate of drug-likeness (QED) is 0.396. The van der Waals surface area contributed by atoms with E-state index in [0.717, 1.165) is 15.4 Å². The summed E-state index contributed by atoms with van der Waals surface area (Å²) in [7, 11) is 1.70. The molecule has 0 radical (unpaired) electrons. The molecule has 1 aliphatic heterocycles. The number of hydrogen-bond donors (Lipinski definition) is 4. The Labute approximate surface area is 207 Å². The molecule has 1 aliphatic rings. The molecule has 0 bridgehead atoms. The molecule has 4 N–H and O–H groups in total. The lowest BCUT2D eigenvalue weighted by Crippen LogP contribution is -2.62. The number of halogens is 1. The van der Waals surface area contributed by atoms with Gasteiger partial charge in [-0.25, -0.2) is 10.4 Å². The van der Waals surface area contributed by atoms with Gasteiger partial charge in [0.25, 0.3) is 11.8 Å². The first kappa shape index (κ1) is 25.9. The molecule has 3 rings (SSSR count). The molecule has 3 amide bonds. The molecule has 0 aliphatic carbocycles. The predicted octanol–water partition coefficient (Wildman–Crippen LogP) is 1.48. The zero-order valence-electron chi connectivity index (χ0n) is 19.7. The van der Waals surface area contributed by atoms with Gasteiger partial charge in [0.2, 0.25) is 5.91 Å². The largest absolute Gasteiger partial charge is 0.383 e. The van der Waals surface area contributed by atoms with Crippen LogP contribution in [0, 0.1) is 5.92 Å². The van der Waals surface area contributed by atoms with Gasteiger partial charge < -0.3 is 10.4 Å². The molecule has 0 spiro atoms. The number of aromatic nitrogens is 1. The van der Waals surface area contributed by atoms with E-state index < -0.39 is 24.1 Å². The van der Waals surface area contributed by atoms with Crippen molar-refractivity contribution in [2.45, 2.75) is 51.8 Å². The molecule has 1 aromatic heterocycles. The summed E-state index contributed by atoms with van der Waals surface area (Å²) in [4.78, 5) is 42.4. The maximum atomic E-state index is 12.9. The summed E-state index contributed by atoms with van der Waals surface area (Å²) < 4.78 is 0.914. The Balaban J connectivity index is 1.59. The van der Waals surface area contributed by atoms with Gasteiger partial charge in [0.15, 0.2) is 0 Å². The smallest absolute Gasteiger partial charge is 0.258 e. The van der Waals surface area contributed by atoms with E-state index in [1.54, 1.807) is 32.8 Å². The Morgan fingerprint density at radius 2 is 1.94 bits per heavy atom. The Hall–Kier alpha value is -2.76. The van der Waals surface area contributed by atoms with Crippen LogP contribution in [0.3, 0.4) is 0 Å². The van der Waals surface area contributed by atoms with Crippen LogP contribution in [-0.2, 0) is 14.4 Å². The summed E-state index contributed by atoms with van der Waals surface area (Å²) >= 11 is 3.44. The number of anilines is 1. The fourth-order valence-electron chi connectivity index (χ4n) is 3.60. The molecule has 184 valence electrons. The first-order valence-electron chi connectivity index (χ1n) is 11.2. The van der Waals surface area contributed by atoms with E-state index in [2.05, 4.69) is 37.1 Å². The first-order chi connectivity index (χ1) is 16.1. The zero-order valence-corrected chi connectivity index (χ0v) is 21.3. The molecule has 0 saturated carbocycles. The number of carbonyl (C=O) groups excluding carboxylic acids is 3. The average molecular weight is 535 g/mol. The van der Waals surface area contributed by atoms with Crippen LogP contribution in [0.2, 0.25) is 0 Å². The number of aliphatic hydroxyl groups excluding tert-OH is 1. The van der Waals surface area contributed by atoms with Crippen molar-refractivity contribution >= 4 is 50.4 Å². The SMILES string of the molecule is CC(NC(=O)[C@@H](O)C(C)C)C(=O)N1CCC[C@@H](C(=O)NN(C)c2ccc3ccc(Br)cc3n2)N1. The molecule has 11 heteroatoms. The van der Waals surface area contributed by atoms with Gasteiger partial charge in [-0.2, -0.15) is 0 Å². The van der Waals surface area contributed by atoms with Crippen molar-refractivity contribution in [3.05, 3.63) is 34.8 Å². The van der Waals surface area contributed by atoms with Gasteiger partial charge in [0.1, 0.15) is 24.0 Å². The van der Waals surface area contributed by atoms with Crippen LogP contribution in [0.1, 0.15) is 33.6 Å². The van der Waals surface area contributed by atoms with Crippen molar-refractivity contribution in [2.75, 3.05) is 18.6 Å². The van der Waals surface area contributed by atoms with Crippen molar-refractivity contribution in [1.29, 1.82) is 0 Å². The molecule has 34 heavy (non-hydrogen) atoms. The second-order valence-corrected chi connectivity index (χ2v) is 9.69. The number of pyridine rings is 1. The molecule has 1 unspecified atom stereocenters. The zero-order chi connectivity index (χ0) is 25.0. The van der Waals surface area contributed by atoms with Gasteiger partial charge in [0.05, 0.1) is 5.52 Å². The summed E-state index contributed by atoms with van der Waals surface area (Å²) in [6.07, 6.45) is -0.0182. The highest BCUT2D eigenvalue weighted by Gasteiger charge is 2.32. The maximum absolute atomic E-state index is 12.9. The summed E-state index contributed by atoms with van der Waals surface area (Å²) in [5.74, 6) is -0.972. The normalized spacial score (nSPS) is 17.9. The van der Waals surface area contributed by atoms with Gasteiger partial charge in [-0.15, -0.1) is 0 Å². The lowest BCUT2D eigenvalue weighted by Gasteiger charge is -2.35. The van der Waals surface area contributed by atoms with Crippen LogP contribution >= 0.6 is 15.9 Å². The summed E-state index contributed by atoms with van der Waals surface area (Å²) in [6, 6.07) is 8.07. The number of amides is 3. The minimum Gasteiger partial charge on any atom is -0.383 e. The summed E-state index contributed by atoms with van der Waals surface area (Å²) in [5.41, 5.74) is 6.56. The fourth-order valence-corrected chi connectivity index (χ4v) is 3.95. The Kier molecular flexibility index (Phi) is 8.45. The number of nitrogens with zero attached hydrogens (tertiary/aromatic N) is 3. The van der Waals surface area contributed by atoms with Crippen molar-refractivity contribution in [3.8, 4) is 0 Å². The molecule has 10 nitrogen and oxygen atoms in total. The van der Waals surface area contributed by atoms with E-state index in [-0.39, 0.29) is 17.7 Å². The van der Waals surface area contributed by atoms with Crippen molar-refractivity contribution in [3.63, 3.8) is 0 Å². The van der Waals surface area contributed by atoms with Crippen LogP contribution in [0.25, 0.3) is 10.9 Å². The third-order valence-corrected chi connectivity index (χ3v) is 6.15. The van der Waals surface area contributed by atoms with Crippen LogP contribution in [-0.4, -0.2) is 64.6 Å². The van der Waals surface area contributed by atoms with Crippen molar-refractivity contribution in [2.24, 2.45) is 5.92 Å². The second kappa shape index (κ2) is 11.1. The number of hydrazine groups is 2. The van der Waals surface area contributed by atoms with Crippen LogP contribution in [0.5, 0.6) is 0 Å². The highest BCUT2D eigenvalue weighted by Crippen LogP contribution is 2.21. The third-order valence-electron chi connectivity index (χ3n) is 5.66. The number of fused-ring (bicyclic) bond motifs is 1.